The van der Waals surface area contributed by atoms with Gasteiger partial charge in [0.2, 0.25) is 5.91 Å². The van der Waals surface area contributed by atoms with E-state index in [1.807, 2.05) is 6.07 Å². The van der Waals surface area contributed by atoms with Gasteiger partial charge in [-0.25, -0.2) is 0 Å². The van der Waals surface area contributed by atoms with Gasteiger partial charge in [0.15, 0.2) is 0 Å². The van der Waals surface area contributed by atoms with E-state index in [2.05, 4.69) is 35.3 Å². The first-order valence-corrected chi connectivity index (χ1v) is 7.87. The second kappa shape index (κ2) is 5.96. The molecular weight excluding hydrogens is 248 g/mol. The van der Waals surface area contributed by atoms with Crippen molar-refractivity contribution in [3.8, 4) is 0 Å². The molecule has 1 fully saturated rings. The highest BCUT2D eigenvalue weighted by Crippen LogP contribution is 2.36. The van der Waals surface area contributed by atoms with Crippen LogP contribution >= 0.6 is 0 Å². The zero-order chi connectivity index (χ0) is 13.9. The van der Waals surface area contributed by atoms with Crippen LogP contribution in [0.25, 0.3) is 0 Å². The number of amides is 1. The Balaban J connectivity index is 1.63. The maximum absolute atomic E-state index is 12.7. The van der Waals surface area contributed by atoms with Gasteiger partial charge >= 0.3 is 0 Å². The lowest BCUT2D eigenvalue weighted by atomic mass is 9.76. The van der Waals surface area contributed by atoms with Crippen LogP contribution in [0.5, 0.6) is 0 Å². The molecule has 0 radical (unpaired) electrons. The van der Waals surface area contributed by atoms with Crippen molar-refractivity contribution in [3.63, 3.8) is 0 Å². The normalized spacial score (nSPS) is 21.9. The Bertz CT molecular complexity index is 480. The van der Waals surface area contributed by atoms with Crippen molar-refractivity contribution in [2.45, 2.75) is 32.1 Å². The Labute approximate surface area is 121 Å². The van der Waals surface area contributed by atoms with Crippen molar-refractivity contribution in [2.75, 3.05) is 26.2 Å². The molecule has 1 aliphatic carbocycles. The molecule has 0 saturated carbocycles. The summed E-state index contributed by atoms with van der Waals surface area (Å²) in [5.74, 6) is 1.13. The number of rotatable bonds is 4. The molecular formula is C17H24N2O. The van der Waals surface area contributed by atoms with Crippen molar-refractivity contribution >= 4 is 5.91 Å². The number of piperidine rings is 1. The first-order valence-electron chi connectivity index (χ1n) is 7.87. The van der Waals surface area contributed by atoms with Gasteiger partial charge < -0.3 is 10.2 Å². The van der Waals surface area contributed by atoms with Crippen LogP contribution in [0.15, 0.2) is 24.3 Å². The Morgan fingerprint density at radius 3 is 2.75 bits per heavy atom. The van der Waals surface area contributed by atoms with Crippen LogP contribution in [0.2, 0.25) is 0 Å². The summed E-state index contributed by atoms with van der Waals surface area (Å²) in [6.45, 7) is 6.08. The molecule has 1 amide bonds. The SMILES string of the molecule is CCN(CC1CCNCC1)C(=O)C1Cc2ccccc21. The number of nitrogens with one attached hydrogen (secondary N) is 1. The summed E-state index contributed by atoms with van der Waals surface area (Å²) < 4.78 is 0. The lowest BCUT2D eigenvalue weighted by molar-refractivity contribution is -0.134. The van der Waals surface area contributed by atoms with Crippen LogP contribution in [-0.2, 0) is 11.2 Å². The van der Waals surface area contributed by atoms with Gasteiger partial charge in [0.1, 0.15) is 0 Å². The Kier molecular flexibility index (Phi) is 4.06. The smallest absolute Gasteiger partial charge is 0.230 e. The molecule has 0 spiro atoms. The van der Waals surface area contributed by atoms with E-state index in [0.29, 0.717) is 11.8 Å². The van der Waals surface area contributed by atoms with Gasteiger partial charge in [0.25, 0.3) is 0 Å². The average Bonchev–Trinajstić information content (AvgIpc) is 2.47. The first-order chi connectivity index (χ1) is 9.79. The summed E-state index contributed by atoms with van der Waals surface area (Å²) in [5.41, 5.74) is 2.60. The van der Waals surface area contributed by atoms with Gasteiger partial charge in [-0.15, -0.1) is 0 Å². The fraction of sp³-hybridized carbons (Fsp3) is 0.588. The monoisotopic (exact) mass is 272 g/mol. The standard InChI is InChI=1S/C17H24N2O/c1-2-19(12-13-7-9-18-10-8-13)17(20)16-11-14-5-3-4-6-15(14)16/h3-6,13,16,18H,2,7-12H2,1H3. The van der Waals surface area contributed by atoms with E-state index in [4.69, 9.17) is 0 Å². The number of fused-ring (bicyclic) bond motifs is 1. The summed E-state index contributed by atoms with van der Waals surface area (Å²) in [5, 5.41) is 3.39. The van der Waals surface area contributed by atoms with Crippen LogP contribution in [0.1, 0.15) is 36.8 Å². The second-order valence-corrected chi connectivity index (χ2v) is 6.03. The lowest BCUT2D eigenvalue weighted by Crippen LogP contribution is -2.43. The minimum atomic E-state index is 0.118. The minimum Gasteiger partial charge on any atom is -0.342 e. The second-order valence-electron chi connectivity index (χ2n) is 6.03. The molecule has 1 aliphatic heterocycles. The highest BCUT2D eigenvalue weighted by molar-refractivity contribution is 5.86. The van der Waals surface area contributed by atoms with Gasteiger partial charge in [-0.1, -0.05) is 24.3 Å². The quantitative estimate of drug-likeness (QED) is 0.911. The molecule has 20 heavy (non-hydrogen) atoms. The maximum Gasteiger partial charge on any atom is 0.230 e. The molecule has 1 aromatic rings. The Morgan fingerprint density at radius 2 is 2.05 bits per heavy atom. The lowest BCUT2D eigenvalue weighted by Gasteiger charge is -2.36. The minimum absolute atomic E-state index is 0.118. The topological polar surface area (TPSA) is 32.3 Å². The van der Waals surface area contributed by atoms with E-state index in [-0.39, 0.29) is 5.92 Å². The van der Waals surface area contributed by atoms with Gasteiger partial charge in [0, 0.05) is 13.1 Å². The van der Waals surface area contributed by atoms with E-state index in [0.717, 1.165) is 32.6 Å². The molecule has 1 saturated heterocycles. The fourth-order valence-electron chi connectivity index (χ4n) is 3.45. The largest absolute Gasteiger partial charge is 0.342 e. The summed E-state index contributed by atoms with van der Waals surface area (Å²) in [6, 6.07) is 8.36. The molecule has 1 unspecified atom stereocenters. The van der Waals surface area contributed by atoms with E-state index >= 15 is 0 Å². The number of hydrogen-bond donors (Lipinski definition) is 1. The molecule has 3 heteroatoms. The Morgan fingerprint density at radius 1 is 1.30 bits per heavy atom. The predicted octanol–water partition coefficient (Wildman–Crippen LogP) is 2.17. The van der Waals surface area contributed by atoms with Crippen LogP contribution in [0, 0.1) is 5.92 Å². The van der Waals surface area contributed by atoms with Crippen molar-refractivity contribution in [3.05, 3.63) is 35.4 Å². The van der Waals surface area contributed by atoms with Crippen molar-refractivity contribution in [2.24, 2.45) is 5.92 Å². The number of nitrogens with zero attached hydrogens (tertiary/aromatic N) is 1. The van der Waals surface area contributed by atoms with Crippen molar-refractivity contribution in [1.82, 2.24) is 10.2 Å². The van der Waals surface area contributed by atoms with Gasteiger partial charge in [-0.3, -0.25) is 4.79 Å². The third kappa shape index (κ3) is 2.59. The first kappa shape index (κ1) is 13.6. The van der Waals surface area contributed by atoms with Gasteiger partial charge in [-0.05, 0) is 56.3 Å². The van der Waals surface area contributed by atoms with E-state index in [1.165, 1.54) is 24.0 Å². The highest BCUT2D eigenvalue weighted by atomic mass is 16.2. The van der Waals surface area contributed by atoms with Gasteiger partial charge in [-0.2, -0.15) is 0 Å². The summed E-state index contributed by atoms with van der Waals surface area (Å²) in [7, 11) is 0. The molecule has 2 aliphatic rings. The zero-order valence-corrected chi connectivity index (χ0v) is 12.3. The average molecular weight is 272 g/mol. The van der Waals surface area contributed by atoms with Crippen molar-refractivity contribution in [1.29, 1.82) is 0 Å². The van der Waals surface area contributed by atoms with Crippen LogP contribution in [0.3, 0.4) is 0 Å². The number of hydrogen-bond acceptors (Lipinski definition) is 2. The van der Waals surface area contributed by atoms with Crippen molar-refractivity contribution < 1.29 is 4.79 Å². The van der Waals surface area contributed by atoms with Crippen LogP contribution in [-0.4, -0.2) is 37.0 Å². The van der Waals surface area contributed by atoms with E-state index in [9.17, 15) is 4.79 Å². The van der Waals surface area contributed by atoms with Gasteiger partial charge in [0.05, 0.1) is 5.92 Å². The molecule has 1 aromatic carbocycles. The molecule has 3 rings (SSSR count). The zero-order valence-electron chi connectivity index (χ0n) is 12.3. The summed E-state index contributed by atoms with van der Waals surface area (Å²) in [4.78, 5) is 14.8. The fourth-order valence-corrected chi connectivity index (χ4v) is 3.45. The molecule has 108 valence electrons. The molecule has 3 nitrogen and oxygen atoms in total. The third-order valence-electron chi connectivity index (χ3n) is 4.78. The number of benzene rings is 1. The predicted molar refractivity (Wildman–Crippen MR) is 80.7 cm³/mol. The molecule has 1 atom stereocenters. The maximum atomic E-state index is 12.7. The number of likely N-dealkylation sites (N-methyl/N-ethyl adjacent to an activating group) is 1. The van der Waals surface area contributed by atoms with Crippen LogP contribution < -0.4 is 5.32 Å². The van der Waals surface area contributed by atoms with E-state index in [1.54, 1.807) is 0 Å². The molecule has 1 N–H and O–H groups in total. The Hall–Kier alpha value is -1.35. The molecule has 0 bridgehead atoms. The van der Waals surface area contributed by atoms with E-state index < -0.39 is 0 Å². The molecule has 0 aromatic heterocycles. The number of carbonyl (C=O) groups excluding carboxylic acids is 1. The highest BCUT2D eigenvalue weighted by Gasteiger charge is 2.34. The third-order valence-corrected chi connectivity index (χ3v) is 4.78. The van der Waals surface area contributed by atoms with Crippen LogP contribution in [0.4, 0.5) is 0 Å². The molecule has 1 heterocycles. The number of carbonyl (C=O) groups is 1. The summed E-state index contributed by atoms with van der Waals surface area (Å²) in [6.07, 6.45) is 3.33. The summed E-state index contributed by atoms with van der Waals surface area (Å²) >= 11 is 0.